The molecule has 4 nitrogen and oxygen atoms in total. The summed E-state index contributed by atoms with van der Waals surface area (Å²) in [6.07, 6.45) is 2.75. The summed E-state index contributed by atoms with van der Waals surface area (Å²) in [5, 5.41) is 2.50. The molecule has 0 spiro atoms. The number of hydrogen-bond donors (Lipinski definition) is 0. The SMILES string of the molecule is Cc1ccnc(-n2c3ccccc3c3ccc(Cc4cccc(N5CN(c6ccccc6)c6ccccc65)c4)cc32)c1. The van der Waals surface area contributed by atoms with Crippen LogP contribution in [0.2, 0.25) is 0 Å². The lowest BCUT2D eigenvalue weighted by atomic mass is 10.0. The van der Waals surface area contributed by atoms with E-state index in [9.17, 15) is 0 Å². The Morgan fingerprint density at radius 3 is 2.10 bits per heavy atom. The third-order valence-electron chi connectivity index (χ3n) is 8.31. The molecule has 42 heavy (non-hydrogen) atoms. The number of anilines is 4. The number of aromatic nitrogens is 2. The number of rotatable bonds is 5. The monoisotopic (exact) mass is 542 g/mol. The van der Waals surface area contributed by atoms with Crippen LogP contribution in [0.25, 0.3) is 27.6 Å². The molecule has 0 bridgehead atoms. The van der Waals surface area contributed by atoms with Gasteiger partial charge in [0.25, 0.3) is 0 Å². The zero-order valence-electron chi connectivity index (χ0n) is 23.5. The van der Waals surface area contributed by atoms with Crippen LogP contribution in [0.4, 0.5) is 22.7 Å². The molecule has 0 aliphatic carbocycles. The second-order valence-electron chi connectivity index (χ2n) is 11.1. The highest BCUT2D eigenvalue weighted by Gasteiger charge is 2.27. The van der Waals surface area contributed by atoms with Gasteiger partial charge in [-0.15, -0.1) is 0 Å². The first kappa shape index (κ1) is 24.4. The van der Waals surface area contributed by atoms with Crippen molar-refractivity contribution in [2.45, 2.75) is 13.3 Å². The summed E-state index contributed by atoms with van der Waals surface area (Å²) in [6.45, 7) is 2.90. The minimum absolute atomic E-state index is 0.780. The first-order chi connectivity index (χ1) is 20.7. The van der Waals surface area contributed by atoms with Gasteiger partial charge in [0, 0.05) is 28.3 Å². The molecule has 1 aliphatic heterocycles. The maximum Gasteiger partial charge on any atom is 0.137 e. The Hall–Kier alpha value is -5.35. The minimum atomic E-state index is 0.780. The van der Waals surface area contributed by atoms with Gasteiger partial charge in [0.2, 0.25) is 0 Å². The van der Waals surface area contributed by atoms with Crippen molar-refractivity contribution >= 4 is 44.6 Å². The van der Waals surface area contributed by atoms with Crippen molar-refractivity contribution in [1.82, 2.24) is 9.55 Å². The fourth-order valence-electron chi connectivity index (χ4n) is 6.35. The van der Waals surface area contributed by atoms with Gasteiger partial charge in [0.15, 0.2) is 0 Å². The Balaban J connectivity index is 1.16. The van der Waals surface area contributed by atoms with Crippen LogP contribution in [0.15, 0.2) is 140 Å². The molecule has 1 aliphatic rings. The van der Waals surface area contributed by atoms with Crippen LogP contribution in [-0.2, 0) is 6.42 Å². The highest BCUT2D eigenvalue weighted by molar-refractivity contribution is 6.09. The highest BCUT2D eigenvalue weighted by atomic mass is 15.4. The lowest BCUT2D eigenvalue weighted by Gasteiger charge is -2.22. The van der Waals surface area contributed by atoms with Crippen molar-refractivity contribution in [3.8, 4) is 5.82 Å². The molecule has 0 saturated carbocycles. The van der Waals surface area contributed by atoms with E-state index < -0.39 is 0 Å². The van der Waals surface area contributed by atoms with Gasteiger partial charge >= 0.3 is 0 Å². The van der Waals surface area contributed by atoms with Gasteiger partial charge in [-0.25, -0.2) is 4.98 Å². The average Bonchev–Trinajstić information content (AvgIpc) is 3.58. The normalized spacial score (nSPS) is 12.8. The molecule has 8 rings (SSSR count). The zero-order chi connectivity index (χ0) is 28.0. The molecule has 0 atom stereocenters. The quantitative estimate of drug-likeness (QED) is 0.217. The molecule has 0 N–H and O–H groups in total. The van der Waals surface area contributed by atoms with E-state index in [1.165, 1.54) is 61.2 Å². The molecule has 0 amide bonds. The second-order valence-corrected chi connectivity index (χ2v) is 11.1. The lowest BCUT2D eigenvalue weighted by Crippen LogP contribution is -2.23. The van der Waals surface area contributed by atoms with Gasteiger partial charge in [-0.2, -0.15) is 0 Å². The summed E-state index contributed by atoms with van der Waals surface area (Å²) in [5.74, 6) is 0.955. The van der Waals surface area contributed by atoms with Gasteiger partial charge in [0.05, 0.1) is 22.4 Å². The molecule has 5 aromatic carbocycles. The molecule has 0 saturated heterocycles. The van der Waals surface area contributed by atoms with E-state index in [1.54, 1.807) is 0 Å². The number of para-hydroxylation sites is 4. The summed E-state index contributed by atoms with van der Waals surface area (Å²) in [4.78, 5) is 9.55. The second kappa shape index (κ2) is 9.93. The van der Waals surface area contributed by atoms with Crippen LogP contribution in [0.3, 0.4) is 0 Å². The molecule has 7 aromatic rings. The minimum Gasteiger partial charge on any atom is -0.321 e. The molecule has 0 radical (unpaired) electrons. The number of hydrogen-bond acceptors (Lipinski definition) is 3. The van der Waals surface area contributed by atoms with Crippen molar-refractivity contribution in [3.63, 3.8) is 0 Å². The average molecular weight is 543 g/mol. The lowest BCUT2D eigenvalue weighted by molar-refractivity contribution is 0.988. The number of pyridine rings is 1. The third-order valence-corrected chi connectivity index (χ3v) is 8.31. The molecular formula is C38H30N4. The van der Waals surface area contributed by atoms with Crippen molar-refractivity contribution in [3.05, 3.63) is 156 Å². The van der Waals surface area contributed by atoms with Gasteiger partial charge < -0.3 is 9.80 Å². The maximum atomic E-state index is 4.75. The fraction of sp³-hybridized carbons (Fsp3) is 0.0789. The van der Waals surface area contributed by atoms with E-state index in [2.05, 4.69) is 149 Å². The van der Waals surface area contributed by atoms with Gasteiger partial charge in [-0.3, -0.25) is 4.57 Å². The predicted molar refractivity (Wildman–Crippen MR) is 175 cm³/mol. The van der Waals surface area contributed by atoms with E-state index in [1.807, 2.05) is 12.3 Å². The molecule has 2 aromatic heterocycles. The van der Waals surface area contributed by atoms with Gasteiger partial charge in [-0.1, -0.05) is 72.8 Å². The fourth-order valence-corrected chi connectivity index (χ4v) is 6.35. The molecular weight excluding hydrogens is 512 g/mol. The van der Waals surface area contributed by atoms with Crippen molar-refractivity contribution in [2.24, 2.45) is 0 Å². The first-order valence-electron chi connectivity index (χ1n) is 14.5. The smallest absolute Gasteiger partial charge is 0.137 e. The summed E-state index contributed by atoms with van der Waals surface area (Å²) < 4.78 is 2.30. The number of benzene rings is 5. The number of nitrogens with zero attached hydrogens (tertiary/aromatic N) is 4. The van der Waals surface area contributed by atoms with E-state index >= 15 is 0 Å². The number of fused-ring (bicyclic) bond motifs is 4. The highest BCUT2D eigenvalue weighted by Crippen LogP contribution is 2.44. The summed E-state index contributed by atoms with van der Waals surface area (Å²) >= 11 is 0. The first-order valence-corrected chi connectivity index (χ1v) is 14.5. The predicted octanol–water partition coefficient (Wildman–Crippen LogP) is 9.33. The van der Waals surface area contributed by atoms with E-state index in [0.29, 0.717) is 0 Å². The topological polar surface area (TPSA) is 24.3 Å². The Morgan fingerprint density at radius 2 is 1.26 bits per heavy atom. The van der Waals surface area contributed by atoms with Crippen molar-refractivity contribution in [1.29, 1.82) is 0 Å². The Kier molecular flexibility index (Phi) is 5.78. The van der Waals surface area contributed by atoms with Crippen LogP contribution in [0.1, 0.15) is 16.7 Å². The third kappa shape index (κ3) is 4.11. The standard InChI is InChI=1S/C38H30N4/c1-27-20-21-39-38(22-27)42-34-15-6-5-14-32(34)33-19-18-29(25-37(33)42)23-28-10-9-13-31(24-28)41-26-40(30-11-3-2-4-12-30)35-16-7-8-17-36(35)41/h2-22,24-25H,23,26H2,1H3. The summed E-state index contributed by atoms with van der Waals surface area (Å²) in [5.41, 5.74) is 11.0. The Labute approximate surface area is 245 Å². The van der Waals surface area contributed by atoms with E-state index in [4.69, 9.17) is 4.98 Å². The summed E-state index contributed by atoms with van der Waals surface area (Å²) in [7, 11) is 0. The molecule has 3 heterocycles. The van der Waals surface area contributed by atoms with Crippen LogP contribution >= 0.6 is 0 Å². The van der Waals surface area contributed by atoms with E-state index in [0.717, 1.165) is 18.9 Å². The Morgan fingerprint density at radius 1 is 0.571 bits per heavy atom. The van der Waals surface area contributed by atoms with Crippen LogP contribution < -0.4 is 9.80 Å². The number of aryl methyl sites for hydroxylation is 1. The van der Waals surface area contributed by atoms with Crippen LogP contribution in [-0.4, -0.2) is 16.2 Å². The van der Waals surface area contributed by atoms with Crippen LogP contribution in [0, 0.1) is 6.92 Å². The van der Waals surface area contributed by atoms with Crippen molar-refractivity contribution < 1.29 is 0 Å². The Bertz CT molecular complexity index is 2080. The molecule has 0 fully saturated rings. The van der Waals surface area contributed by atoms with Crippen molar-refractivity contribution in [2.75, 3.05) is 16.5 Å². The molecule has 0 unspecified atom stereocenters. The van der Waals surface area contributed by atoms with E-state index in [-0.39, 0.29) is 0 Å². The van der Waals surface area contributed by atoms with Crippen LogP contribution in [0.5, 0.6) is 0 Å². The maximum absolute atomic E-state index is 4.75. The van der Waals surface area contributed by atoms with Gasteiger partial charge in [-0.05, 0) is 90.7 Å². The molecule has 202 valence electrons. The largest absolute Gasteiger partial charge is 0.321 e. The summed E-state index contributed by atoms with van der Waals surface area (Å²) in [6, 6.07) is 48.0. The van der Waals surface area contributed by atoms with Gasteiger partial charge in [0.1, 0.15) is 12.5 Å². The molecule has 4 heteroatoms. The zero-order valence-corrected chi connectivity index (χ0v) is 23.5.